The minimum Gasteiger partial charge on any atom is -0.466 e. The van der Waals surface area contributed by atoms with Crippen molar-refractivity contribution in [3.63, 3.8) is 0 Å². The van der Waals surface area contributed by atoms with E-state index in [1.165, 1.54) is 38.5 Å². The summed E-state index contributed by atoms with van der Waals surface area (Å²) in [6.45, 7) is 2.80. The Balaban J connectivity index is 1.85. The van der Waals surface area contributed by atoms with Crippen molar-refractivity contribution in [3.05, 3.63) is 29.3 Å². The Bertz CT molecular complexity index is 603. The van der Waals surface area contributed by atoms with E-state index in [2.05, 4.69) is 6.92 Å². The molecular weight excluding hydrogens is 412 g/mol. The zero-order chi connectivity index (χ0) is 22.6. The molecule has 0 aliphatic carbocycles. The first-order valence-electron chi connectivity index (χ1n) is 12.2. The maximum absolute atomic E-state index is 11.8. The molecule has 0 fully saturated rings. The summed E-state index contributed by atoms with van der Waals surface area (Å²) in [5, 5.41) is 0.558. The topological polar surface area (TPSA) is 52.6 Å². The zero-order valence-corrected chi connectivity index (χ0v) is 20.1. The van der Waals surface area contributed by atoms with Crippen LogP contribution in [-0.4, -0.2) is 18.5 Å². The fraction of sp³-hybridized carbons (Fsp3) is 0.692. The second kappa shape index (κ2) is 19.2. The lowest BCUT2D eigenvalue weighted by Crippen LogP contribution is -2.07. The Kier molecular flexibility index (Phi) is 17.0. The van der Waals surface area contributed by atoms with Gasteiger partial charge in [0.1, 0.15) is 5.75 Å². The van der Waals surface area contributed by atoms with Gasteiger partial charge >= 0.3 is 11.9 Å². The summed E-state index contributed by atoms with van der Waals surface area (Å²) >= 11 is 5.88. The van der Waals surface area contributed by atoms with Crippen LogP contribution < -0.4 is 4.74 Å². The van der Waals surface area contributed by atoms with Crippen LogP contribution in [-0.2, 0) is 14.3 Å². The molecule has 0 saturated heterocycles. The van der Waals surface area contributed by atoms with Gasteiger partial charge in [0.25, 0.3) is 0 Å². The summed E-state index contributed by atoms with van der Waals surface area (Å²) in [7, 11) is 0. The Morgan fingerprint density at radius 2 is 1.29 bits per heavy atom. The van der Waals surface area contributed by atoms with Crippen molar-refractivity contribution in [1.29, 1.82) is 0 Å². The van der Waals surface area contributed by atoms with Gasteiger partial charge in [0, 0.05) is 17.9 Å². The molecule has 5 heteroatoms. The Labute approximate surface area is 194 Å². The van der Waals surface area contributed by atoms with Gasteiger partial charge in [-0.15, -0.1) is 0 Å². The van der Waals surface area contributed by atoms with Crippen LogP contribution in [0.15, 0.2) is 24.3 Å². The molecule has 1 aromatic carbocycles. The fourth-order valence-electron chi connectivity index (χ4n) is 3.45. The molecule has 0 bridgehead atoms. The van der Waals surface area contributed by atoms with Crippen molar-refractivity contribution in [1.82, 2.24) is 0 Å². The van der Waals surface area contributed by atoms with E-state index in [1.807, 2.05) is 0 Å². The monoisotopic (exact) mass is 452 g/mol. The molecule has 0 heterocycles. The number of hydrogen-bond donors (Lipinski definition) is 0. The van der Waals surface area contributed by atoms with Crippen LogP contribution in [0.1, 0.15) is 110 Å². The first kappa shape index (κ1) is 27.5. The lowest BCUT2D eigenvalue weighted by atomic mass is 10.1. The average Bonchev–Trinajstić information content (AvgIpc) is 2.74. The number of halogens is 1. The van der Waals surface area contributed by atoms with Crippen molar-refractivity contribution in [3.8, 4) is 5.75 Å². The van der Waals surface area contributed by atoms with Gasteiger partial charge in [0.15, 0.2) is 0 Å². The van der Waals surface area contributed by atoms with Gasteiger partial charge < -0.3 is 9.47 Å². The highest BCUT2D eigenvalue weighted by atomic mass is 35.5. The van der Waals surface area contributed by atoms with Gasteiger partial charge in [-0.05, 0) is 37.5 Å². The van der Waals surface area contributed by atoms with Crippen LogP contribution in [0.3, 0.4) is 0 Å². The van der Waals surface area contributed by atoms with Crippen LogP contribution in [0.2, 0.25) is 5.02 Å². The predicted molar refractivity (Wildman–Crippen MR) is 128 cm³/mol. The van der Waals surface area contributed by atoms with E-state index in [-0.39, 0.29) is 11.9 Å². The number of esters is 2. The van der Waals surface area contributed by atoms with Crippen LogP contribution >= 0.6 is 11.6 Å². The maximum Gasteiger partial charge on any atom is 0.311 e. The van der Waals surface area contributed by atoms with Gasteiger partial charge in [-0.3, -0.25) is 9.59 Å². The highest BCUT2D eigenvalue weighted by Crippen LogP contribution is 2.18. The number of unbranched alkanes of at least 4 members (excludes halogenated alkanes) is 12. The normalized spacial score (nSPS) is 10.8. The molecule has 0 N–H and O–H groups in total. The fourth-order valence-corrected chi connectivity index (χ4v) is 3.63. The Hall–Kier alpha value is -1.55. The number of carbonyl (C=O) groups is 2. The highest BCUT2D eigenvalue weighted by molar-refractivity contribution is 6.30. The Morgan fingerprint density at radius 1 is 0.742 bits per heavy atom. The third-order valence-corrected chi connectivity index (χ3v) is 5.54. The van der Waals surface area contributed by atoms with Crippen LogP contribution in [0.25, 0.3) is 0 Å². The van der Waals surface area contributed by atoms with Crippen molar-refractivity contribution < 1.29 is 19.1 Å². The first-order valence-corrected chi connectivity index (χ1v) is 12.6. The molecule has 0 unspecified atom stereocenters. The second-order valence-corrected chi connectivity index (χ2v) is 8.68. The number of benzene rings is 1. The summed E-state index contributed by atoms with van der Waals surface area (Å²) in [6, 6.07) is 6.87. The van der Waals surface area contributed by atoms with Crippen molar-refractivity contribution in [2.45, 2.75) is 110 Å². The van der Waals surface area contributed by atoms with E-state index in [4.69, 9.17) is 21.1 Å². The van der Waals surface area contributed by atoms with E-state index < -0.39 is 0 Å². The van der Waals surface area contributed by atoms with Crippen molar-refractivity contribution >= 4 is 23.5 Å². The standard InChI is InChI=1S/C26H41ClO4/c1-2-3-4-5-6-9-12-15-21-30-25(28)19-13-10-7-8-11-14-20-26(29)31-24-18-16-17-23(27)22-24/h16-18,22H,2-15,19-21H2,1H3. The lowest BCUT2D eigenvalue weighted by molar-refractivity contribution is -0.144. The van der Waals surface area contributed by atoms with Gasteiger partial charge in [0.05, 0.1) is 6.61 Å². The smallest absolute Gasteiger partial charge is 0.311 e. The molecule has 0 aliphatic heterocycles. The van der Waals surface area contributed by atoms with Gasteiger partial charge in [-0.1, -0.05) is 95.2 Å². The SMILES string of the molecule is CCCCCCCCCCOC(=O)CCCCCCCCC(=O)Oc1cccc(Cl)c1. The molecule has 0 saturated carbocycles. The molecule has 0 atom stereocenters. The minimum atomic E-state index is -0.221. The van der Waals surface area contributed by atoms with E-state index >= 15 is 0 Å². The highest BCUT2D eigenvalue weighted by Gasteiger charge is 2.06. The Morgan fingerprint density at radius 3 is 1.90 bits per heavy atom. The van der Waals surface area contributed by atoms with Crippen molar-refractivity contribution in [2.24, 2.45) is 0 Å². The molecule has 1 aromatic rings. The molecule has 0 aliphatic rings. The maximum atomic E-state index is 11.8. The second-order valence-electron chi connectivity index (χ2n) is 8.25. The summed E-state index contributed by atoms with van der Waals surface area (Å²) in [5.41, 5.74) is 0. The number of rotatable bonds is 19. The average molecular weight is 453 g/mol. The summed E-state index contributed by atoms with van der Waals surface area (Å²) < 4.78 is 10.6. The molecule has 0 amide bonds. The largest absolute Gasteiger partial charge is 0.466 e. The summed E-state index contributed by atoms with van der Waals surface area (Å²) in [4.78, 5) is 23.6. The third kappa shape index (κ3) is 16.8. The molecule has 0 aromatic heterocycles. The van der Waals surface area contributed by atoms with E-state index in [0.717, 1.165) is 51.4 Å². The molecule has 1 rings (SSSR count). The summed E-state index contributed by atoms with van der Waals surface area (Å²) in [6.07, 6.45) is 16.8. The molecule has 176 valence electrons. The zero-order valence-electron chi connectivity index (χ0n) is 19.3. The summed E-state index contributed by atoms with van der Waals surface area (Å²) in [5.74, 6) is 0.208. The van der Waals surface area contributed by atoms with Crippen molar-refractivity contribution in [2.75, 3.05) is 6.61 Å². The lowest BCUT2D eigenvalue weighted by Gasteiger charge is -2.06. The van der Waals surface area contributed by atoms with E-state index in [1.54, 1.807) is 24.3 Å². The number of carbonyl (C=O) groups excluding carboxylic acids is 2. The predicted octanol–water partition coefficient (Wildman–Crippen LogP) is 8.05. The number of hydrogen-bond acceptors (Lipinski definition) is 4. The molecule has 0 radical (unpaired) electrons. The van der Waals surface area contributed by atoms with E-state index in [0.29, 0.717) is 30.2 Å². The quantitative estimate of drug-likeness (QED) is 0.121. The van der Waals surface area contributed by atoms with E-state index in [9.17, 15) is 9.59 Å². The molecule has 0 spiro atoms. The molecule has 4 nitrogen and oxygen atoms in total. The van der Waals surface area contributed by atoms with Crippen LogP contribution in [0.4, 0.5) is 0 Å². The van der Waals surface area contributed by atoms with Gasteiger partial charge in [-0.25, -0.2) is 0 Å². The molecule has 31 heavy (non-hydrogen) atoms. The minimum absolute atomic E-state index is 0.0632. The van der Waals surface area contributed by atoms with Crippen LogP contribution in [0.5, 0.6) is 5.75 Å². The third-order valence-electron chi connectivity index (χ3n) is 5.30. The van der Waals surface area contributed by atoms with Crippen LogP contribution in [0, 0.1) is 0 Å². The number of ether oxygens (including phenoxy) is 2. The first-order chi connectivity index (χ1) is 15.1. The van der Waals surface area contributed by atoms with Gasteiger partial charge in [0.2, 0.25) is 0 Å². The van der Waals surface area contributed by atoms with Gasteiger partial charge in [-0.2, -0.15) is 0 Å². The molecular formula is C26H41ClO4.